The van der Waals surface area contributed by atoms with Crippen LogP contribution in [0.3, 0.4) is 0 Å². The molecule has 23 heavy (non-hydrogen) atoms. The van der Waals surface area contributed by atoms with Crippen molar-refractivity contribution in [3.8, 4) is 0 Å². The molecule has 0 amide bonds. The smallest absolute Gasteiger partial charge is 0.307 e. The number of piperidine rings is 1. The van der Waals surface area contributed by atoms with E-state index in [1.165, 1.54) is 0 Å². The van der Waals surface area contributed by atoms with Crippen molar-refractivity contribution >= 4 is 22.8 Å². The minimum absolute atomic E-state index is 0.0150. The van der Waals surface area contributed by atoms with Crippen molar-refractivity contribution in [1.82, 2.24) is 14.5 Å². The first kappa shape index (κ1) is 15.7. The second-order valence-corrected chi connectivity index (χ2v) is 6.26. The van der Waals surface area contributed by atoms with E-state index in [1.54, 1.807) is 0 Å². The number of benzene rings is 1. The zero-order chi connectivity index (χ0) is 16.6. The summed E-state index contributed by atoms with van der Waals surface area (Å²) < 4.78 is 1.99. The number of likely N-dealkylation sites (tertiary alicyclic amines) is 1. The fourth-order valence-electron chi connectivity index (χ4n) is 3.19. The monoisotopic (exact) mass is 315 g/mol. The van der Waals surface area contributed by atoms with Crippen molar-refractivity contribution in [3.63, 3.8) is 0 Å². The number of aryl methyl sites for hydroxylation is 2. The van der Waals surface area contributed by atoms with Crippen LogP contribution in [0.5, 0.6) is 0 Å². The molecular formula is C17H21N3O3. The average molecular weight is 315 g/mol. The highest BCUT2D eigenvalue weighted by molar-refractivity contribution is 6.00. The summed E-state index contributed by atoms with van der Waals surface area (Å²) in [6.45, 7) is 3.43. The fraction of sp³-hybridized carbons (Fsp3) is 0.471. The van der Waals surface area contributed by atoms with Crippen LogP contribution in [0, 0.1) is 12.8 Å². The number of hydrogen-bond acceptors (Lipinski definition) is 4. The molecule has 3 rings (SSSR count). The topological polar surface area (TPSA) is 75.4 Å². The Morgan fingerprint density at radius 3 is 2.91 bits per heavy atom. The molecule has 0 radical (unpaired) electrons. The third-order valence-corrected chi connectivity index (χ3v) is 4.65. The number of rotatable bonds is 4. The van der Waals surface area contributed by atoms with E-state index in [1.807, 2.05) is 41.6 Å². The Morgan fingerprint density at radius 2 is 2.17 bits per heavy atom. The molecule has 1 aromatic heterocycles. The van der Waals surface area contributed by atoms with Gasteiger partial charge in [0, 0.05) is 19.2 Å². The molecule has 2 aromatic rings. The normalized spacial score (nSPS) is 19.1. The first-order valence-corrected chi connectivity index (χ1v) is 7.87. The van der Waals surface area contributed by atoms with Gasteiger partial charge in [-0.05, 0) is 44.5 Å². The number of carbonyl (C=O) groups is 2. The van der Waals surface area contributed by atoms with Crippen molar-refractivity contribution in [2.75, 3.05) is 19.6 Å². The molecule has 6 nitrogen and oxygen atoms in total. The molecule has 0 bridgehead atoms. The molecule has 2 heterocycles. The molecule has 0 aliphatic carbocycles. The quantitative estimate of drug-likeness (QED) is 0.872. The largest absolute Gasteiger partial charge is 0.481 e. The van der Waals surface area contributed by atoms with Crippen LogP contribution in [0.15, 0.2) is 18.2 Å². The summed E-state index contributed by atoms with van der Waals surface area (Å²) in [5.41, 5.74) is 2.45. The lowest BCUT2D eigenvalue weighted by Gasteiger charge is -2.29. The van der Waals surface area contributed by atoms with Crippen molar-refractivity contribution in [1.29, 1.82) is 0 Å². The van der Waals surface area contributed by atoms with Crippen LogP contribution in [0.1, 0.15) is 29.0 Å². The maximum atomic E-state index is 12.5. The van der Waals surface area contributed by atoms with Gasteiger partial charge in [0.1, 0.15) is 5.82 Å². The fourth-order valence-corrected chi connectivity index (χ4v) is 3.19. The molecule has 1 aliphatic heterocycles. The number of carboxylic acids is 1. The summed E-state index contributed by atoms with van der Waals surface area (Å²) in [6.07, 6.45) is 1.52. The van der Waals surface area contributed by atoms with Gasteiger partial charge < -0.3 is 9.67 Å². The number of nitrogens with zero attached hydrogens (tertiary/aromatic N) is 3. The molecule has 1 saturated heterocycles. The van der Waals surface area contributed by atoms with Crippen molar-refractivity contribution < 1.29 is 14.7 Å². The van der Waals surface area contributed by atoms with Gasteiger partial charge in [-0.2, -0.15) is 0 Å². The zero-order valence-corrected chi connectivity index (χ0v) is 13.5. The summed E-state index contributed by atoms with van der Waals surface area (Å²) in [6, 6.07) is 5.56. The first-order valence-electron chi connectivity index (χ1n) is 7.87. The number of Topliss-reactive ketones (excluding diaryl/α,β-unsaturated/α-hetero) is 1. The minimum atomic E-state index is -0.771. The Hall–Kier alpha value is -2.21. The third kappa shape index (κ3) is 3.12. The van der Waals surface area contributed by atoms with Gasteiger partial charge in [0.15, 0.2) is 5.78 Å². The Morgan fingerprint density at radius 1 is 1.39 bits per heavy atom. The summed E-state index contributed by atoms with van der Waals surface area (Å²) in [4.78, 5) is 30.0. The van der Waals surface area contributed by atoms with Crippen LogP contribution in [0.4, 0.5) is 0 Å². The van der Waals surface area contributed by atoms with Crippen molar-refractivity contribution in [2.45, 2.75) is 19.8 Å². The van der Waals surface area contributed by atoms with Gasteiger partial charge in [-0.15, -0.1) is 0 Å². The van der Waals surface area contributed by atoms with Gasteiger partial charge in [0.05, 0.1) is 23.5 Å². The van der Waals surface area contributed by atoms with Gasteiger partial charge in [-0.1, -0.05) is 0 Å². The van der Waals surface area contributed by atoms with Crippen LogP contribution in [-0.2, 0) is 11.8 Å². The molecule has 1 N–H and O–H groups in total. The van der Waals surface area contributed by atoms with Crippen molar-refractivity contribution in [3.05, 3.63) is 29.6 Å². The zero-order valence-electron chi connectivity index (χ0n) is 13.5. The molecule has 1 aliphatic rings. The van der Waals surface area contributed by atoms with Gasteiger partial charge in [-0.25, -0.2) is 4.98 Å². The molecule has 1 aromatic carbocycles. The molecule has 122 valence electrons. The van der Waals surface area contributed by atoms with Crippen LogP contribution < -0.4 is 0 Å². The number of fused-ring (bicyclic) bond motifs is 1. The van der Waals surface area contributed by atoms with Crippen LogP contribution in [-0.4, -0.2) is 50.9 Å². The second-order valence-electron chi connectivity index (χ2n) is 6.26. The van der Waals surface area contributed by atoms with E-state index in [4.69, 9.17) is 5.11 Å². The number of aliphatic carboxylic acids is 1. The predicted molar refractivity (Wildman–Crippen MR) is 86.6 cm³/mol. The Balaban J connectivity index is 1.74. The number of hydrogen-bond donors (Lipinski definition) is 1. The van der Waals surface area contributed by atoms with E-state index in [-0.39, 0.29) is 18.2 Å². The molecular weight excluding hydrogens is 294 g/mol. The Bertz CT molecular complexity index is 766. The highest BCUT2D eigenvalue weighted by atomic mass is 16.4. The SMILES string of the molecule is Cc1nc2cc(C(=O)CN3CCCC(C(=O)O)C3)ccc2n1C. The van der Waals surface area contributed by atoms with E-state index in [2.05, 4.69) is 4.98 Å². The average Bonchev–Trinajstić information content (AvgIpc) is 2.81. The second kappa shape index (κ2) is 6.12. The number of carboxylic acid groups (broad SMARTS) is 1. The van der Waals surface area contributed by atoms with Crippen LogP contribution >= 0.6 is 0 Å². The van der Waals surface area contributed by atoms with Crippen LogP contribution in [0.25, 0.3) is 11.0 Å². The van der Waals surface area contributed by atoms with E-state index in [9.17, 15) is 9.59 Å². The number of imidazole rings is 1. The first-order chi connectivity index (χ1) is 11.0. The standard InChI is InChI=1S/C17H21N3O3/c1-11-18-14-8-12(5-6-15(14)19(11)2)16(21)10-20-7-3-4-13(9-20)17(22)23/h5-6,8,13H,3-4,7,9-10H2,1-2H3,(H,22,23). The maximum Gasteiger partial charge on any atom is 0.307 e. The molecule has 0 spiro atoms. The Kier molecular flexibility index (Phi) is 4.17. The Labute approximate surface area is 134 Å². The van der Waals surface area contributed by atoms with E-state index in [0.717, 1.165) is 29.8 Å². The lowest BCUT2D eigenvalue weighted by molar-refractivity contribution is -0.143. The molecule has 1 unspecified atom stereocenters. The van der Waals surface area contributed by atoms with Crippen LogP contribution in [0.2, 0.25) is 0 Å². The highest BCUT2D eigenvalue weighted by Crippen LogP contribution is 2.19. The summed E-state index contributed by atoms with van der Waals surface area (Å²) >= 11 is 0. The third-order valence-electron chi connectivity index (χ3n) is 4.65. The molecule has 1 fully saturated rings. The molecule has 6 heteroatoms. The summed E-state index contributed by atoms with van der Waals surface area (Å²) in [5.74, 6) is -0.212. The van der Waals surface area contributed by atoms with Gasteiger partial charge in [0.25, 0.3) is 0 Å². The van der Waals surface area contributed by atoms with Crippen molar-refractivity contribution in [2.24, 2.45) is 13.0 Å². The van der Waals surface area contributed by atoms with E-state index in [0.29, 0.717) is 18.5 Å². The summed E-state index contributed by atoms with van der Waals surface area (Å²) in [7, 11) is 1.95. The van der Waals surface area contributed by atoms with E-state index >= 15 is 0 Å². The van der Waals surface area contributed by atoms with Gasteiger partial charge in [-0.3, -0.25) is 14.5 Å². The minimum Gasteiger partial charge on any atom is -0.481 e. The maximum absolute atomic E-state index is 12.5. The number of ketones is 1. The lowest BCUT2D eigenvalue weighted by atomic mass is 9.97. The van der Waals surface area contributed by atoms with E-state index < -0.39 is 5.97 Å². The number of carbonyl (C=O) groups excluding carboxylic acids is 1. The predicted octanol–water partition coefficient (Wildman–Crippen LogP) is 1.86. The lowest BCUT2D eigenvalue weighted by Crippen LogP contribution is -2.41. The highest BCUT2D eigenvalue weighted by Gasteiger charge is 2.26. The van der Waals surface area contributed by atoms with Gasteiger partial charge in [0.2, 0.25) is 0 Å². The summed E-state index contributed by atoms with van der Waals surface area (Å²) in [5, 5.41) is 9.13. The number of aromatic nitrogens is 2. The molecule has 0 saturated carbocycles. The molecule has 1 atom stereocenters. The van der Waals surface area contributed by atoms with Gasteiger partial charge >= 0.3 is 5.97 Å².